The quantitative estimate of drug-likeness (QED) is 0.450. The fourth-order valence-corrected chi connectivity index (χ4v) is 5.70. The number of benzene rings is 1. The number of para-hydroxylation sites is 1. The van der Waals surface area contributed by atoms with Crippen molar-refractivity contribution < 1.29 is 4.79 Å². The van der Waals surface area contributed by atoms with Crippen LogP contribution in [-0.4, -0.2) is 47.6 Å². The predicted octanol–water partition coefficient (Wildman–Crippen LogP) is 2.23. The van der Waals surface area contributed by atoms with Crippen molar-refractivity contribution in [2.75, 3.05) is 13.1 Å². The normalized spacial score (nSPS) is 15.0. The SMILES string of the molecule is Cn1c(=O)c2c(ncn2CCCC(=O)N2CCC(c3nc4ccccc4s3)CC2)n(C)c1=O. The highest BCUT2D eigenvalue weighted by molar-refractivity contribution is 7.18. The monoisotopic (exact) mass is 466 g/mol. The van der Waals surface area contributed by atoms with E-state index in [-0.39, 0.29) is 11.5 Å². The summed E-state index contributed by atoms with van der Waals surface area (Å²) >= 11 is 1.76. The highest BCUT2D eigenvalue weighted by Crippen LogP contribution is 2.33. The van der Waals surface area contributed by atoms with E-state index in [0.29, 0.717) is 36.5 Å². The number of hydrogen-bond donors (Lipinski definition) is 0. The number of hydrogen-bond acceptors (Lipinski definition) is 6. The Bertz CT molecular complexity index is 1420. The predicted molar refractivity (Wildman–Crippen MR) is 128 cm³/mol. The Morgan fingerprint density at radius 3 is 2.64 bits per heavy atom. The first-order valence-electron chi connectivity index (χ1n) is 11.2. The van der Waals surface area contributed by atoms with Gasteiger partial charge in [0.2, 0.25) is 5.91 Å². The van der Waals surface area contributed by atoms with Crippen LogP contribution in [0.1, 0.15) is 36.6 Å². The number of thiazole rings is 1. The number of fused-ring (bicyclic) bond motifs is 2. The molecule has 10 heteroatoms. The fourth-order valence-electron chi connectivity index (χ4n) is 4.57. The number of carbonyl (C=O) groups is 1. The maximum absolute atomic E-state index is 12.8. The third-order valence-electron chi connectivity index (χ3n) is 6.51. The van der Waals surface area contributed by atoms with Crippen molar-refractivity contribution in [2.24, 2.45) is 14.1 Å². The minimum atomic E-state index is -0.401. The van der Waals surface area contributed by atoms with Crippen molar-refractivity contribution >= 4 is 38.6 Å². The van der Waals surface area contributed by atoms with Crippen LogP contribution in [0.3, 0.4) is 0 Å². The first kappa shape index (κ1) is 21.6. The van der Waals surface area contributed by atoms with Gasteiger partial charge in [-0.05, 0) is 31.4 Å². The Hall–Kier alpha value is -3.27. The van der Waals surface area contributed by atoms with Gasteiger partial charge in [-0.25, -0.2) is 14.8 Å². The maximum Gasteiger partial charge on any atom is 0.332 e. The van der Waals surface area contributed by atoms with Crippen LogP contribution in [0.2, 0.25) is 0 Å². The zero-order valence-electron chi connectivity index (χ0n) is 18.7. The number of piperidine rings is 1. The molecule has 0 aliphatic carbocycles. The lowest BCUT2D eigenvalue weighted by Crippen LogP contribution is -2.38. The molecule has 1 amide bonds. The van der Waals surface area contributed by atoms with Gasteiger partial charge >= 0.3 is 5.69 Å². The molecule has 0 bridgehead atoms. The van der Waals surface area contributed by atoms with E-state index >= 15 is 0 Å². The van der Waals surface area contributed by atoms with Crippen molar-refractivity contribution in [3.05, 3.63) is 56.4 Å². The molecule has 3 aromatic heterocycles. The highest BCUT2D eigenvalue weighted by Gasteiger charge is 2.25. The molecule has 1 aromatic carbocycles. The Labute approximate surface area is 193 Å². The second-order valence-corrected chi connectivity index (χ2v) is 9.66. The minimum Gasteiger partial charge on any atom is -0.343 e. The van der Waals surface area contributed by atoms with Crippen LogP contribution < -0.4 is 11.2 Å². The van der Waals surface area contributed by atoms with Crippen molar-refractivity contribution in [3.63, 3.8) is 0 Å². The number of aromatic nitrogens is 5. The third kappa shape index (κ3) is 3.88. The molecule has 0 radical (unpaired) electrons. The van der Waals surface area contributed by atoms with E-state index in [4.69, 9.17) is 4.98 Å². The van der Waals surface area contributed by atoms with Gasteiger partial charge in [-0.3, -0.25) is 18.7 Å². The van der Waals surface area contributed by atoms with Gasteiger partial charge in [-0.1, -0.05) is 12.1 Å². The van der Waals surface area contributed by atoms with E-state index in [1.165, 1.54) is 21.3 Å². The molecular formula is C23H26N6O3S. The molecule has 0 spiro atoms. The van der Waals surface area contributed by atoms with E-state index in [1.54, 1.807) is 29.3 Å². The molecule has 1 saturated heterocycles. The second-order valence-electron chi connectivity index (χ2n) is 8.59. The molecule has 4 heterocycles. The number of rotatable bonds is 5. The van der Waals surface area contributed by atoms with E-state index in [2.05, 4.69) is 11.1 Å². The average Bonchev–Trinajstić information content (AvgIpc) is 3.46. The van der Waals surface area contributed by atoms with Gasteiger partial charge in [0.15, 0.2) is 11.2 Å². The van der Waals surface area contributed by atoms with Crippen LogP contribution in [0.25, 0.3) is 21.4 Å². The third-order valence-corrected chi connectivity index (χ3v) is 7.71. The molecule has 9 nitrogen and oxygen atoms in total. The molecule has 0 N–H and O–H groups in total. The highest BCUT2D eigenvalue weighted by atomic mass is 32.1. The molecule has 172 valence electrons. The van der Waals surface area contributed by atoms with Crippen molar-refractivity contribution in [2.45, 2.75) is 38.1 Å². The Balaban J connectivity index is 1.18. The maximum atomic E-state index is 12.8. The first-order valence-corrected chi connectivity index (χ1v) is 12.0. The lowest BCUT2D eigenvalue weighted by molar-refractivity contribution is -0.132. The van der Waals surface area contributed by atoms with Gasteiger partial charge in [0.25, 0.3) is 5.56 Å². The smallest absolute Gasteiger partial charge is 0.332 e. The summed E-state index contributed by atoms with van der Waals surface area (Å²) in [6.07, 6.45) is 4.45. The summed E-state index contributed by atoms with van der Waals surface area (Å²) in [4.78, 5) is 48.4. The van der Waals surface area contributed by atoms with Crippen LogP contribution in [0, 0.1) is 0 Å². The van der Waals surface area contributed by atoms with Crippen LogP contribution in [0.4, 0.5) is 0 Å². The second kappa shape index (κ2) is 8.58. The molecule has 4 aromatic rings. The summed E-state index contributed by atoms with van der Waals surface area (Å²) in [5, 5.41) is 1.17. The van der Waals surface area contributed by atoms with Crippen LogP contribution >= 0.6 is 11.3 Å². The molecule has 1 fully saturated rings. The van der Waals surface area contributed by atoms with Gasteiger partial charge in [-0.2, -0.15) is 0 Å². The molecule has 33 heavy (non-hydrogen) atoms. The number of aryl methyl sites for hydroxylation is 2. The van der Waals surface area contributed by atoms with Crippen LogP contribution in [-0.2, 0) is 25.4 Å². The van der Waals surface area contributed by atoms with E-state index in [1.807, 2.05) is 23.1 Å². The lowest BCUT2D eigenvalue weighted by Gasteiger charge is -2.31. The minimum absolute atomic E-state index is 0.141. The Morgan fingerprint density at radius 1 is 1.12 bits per heavy atom. The molecular weight excluding hydrogens is 440 g/mol. The standard InChI is InChI=1S/C23H26N6O3S/c1-26-20-19(22(31)27(2)23(26)32)29(14-24-20)11-5-8-18(30)28-12-9-15(10-13-28)21-25-16-6-3-4-7-17(16)33-21/h3-4,6-7,14-15H,5,8-13H2,1-2H3. The first-order chi connectivity index (χ1) is 15.9. The van der Waals surface area contributed by atoms with E-state index in [9.17, 15) is 14.4 Å². The Kier molecular flexibility index (Phi) is 5.61. The summed E-state index contributed by atoms with van der Waals surface area (Å²) in [6.45, 7) is 1.99. The topological polar surface area (TPSA) is 95.0 Å². The summed E-state index contributed by atoms with van der Waals surface area (Å²) in [6, 6.07) is 8.21. The zero-order chi connectivity index (χ0) is 23.1. The van der Waals surface area contributed by atoms with E-state index in [0.717, 1.165) is 36.0 Å². The summed E-state index contributed by atoms with van der Waals surface area (Å²) < 4.78 is 5.41. The molecule has 0 atom stereocenters. The van der Waals surface area contributed by atoms with Gasteiger partial charge in [0.05, 0.1) is 21.6 Å². The molecule has 0 saturated carbocycles. The summed E-state index contributed by atoms with van der Waals surface area (Å²) in [5.74, 6) is 0.550. The van der Waals surface area contributed by atoms with Gasteiger partial charge in [0, 0.05) is 46.1 Å². The van der Waals surface area contributed by atoms with Crippen molar-refractivity contribution in [1.82, 2.24) is 28.6 Å². The summed E-state index contributed by atoms with van der Waals surface area (Å²) in [5.41, 5.74) is 1.05. The number of carbonyl (C=O) groups excluding carboxylic acids is 1. The van der Waals surface area contributed by atoms with Gasteiger partial charge in [-0.15, -0.1) is 11.3 Å². The van der Waals surface area contributed by atoms with Crippen molar-refractivity contribution in [1.29, 1.82) is 0 Å². The number of imidazole rings is 1. The molecule has 1 aliphatic rings. The van der Waals surface area contributed by atoms with Crippen LogP contribution in [0.5, 0.6) is 0 Å². The Morgan fingerprint density at radius 2 is 1.88 bits per heavy atom. The van der Waals surface area contributed by atoms with Gasteiger partial charge < -0.3 is 9.47 Å². The number of amides is 1. The average molecular weight is 467 g/mol. The molecule has 5 rings (SSSR count). The van der Waals surface area contributed by atoms with Crippen LogP contribution in [0.15, 0.2) is 40.2 Å². The number of nitrogens with zero attached hydrogens (tertiary/aromatic N) is 6. The number of likely N-dealkylation sites (tertiary alicyclic amines) is 1. The molecule has 1 aliphatic heterocycles. The zero-order valence-corrected chi connectivity index (χ0v) is 19.5. The fraction of sp³-hybridized carbons (Fsp3) is 0.435. The molecule has 0 unspecified atom stereocenters. The lowest BCUT2D eigenvalue weighted by atomic mass is 9.97. The van der Waals surface area contributed by atoms with Crippen molar-refractivity contribution in [3.8, 4) is 0 Å². The van der Waals surface area contributed by atoms with E-state index < -0.39 is 5.69 Å². The van der Waals surface area contributed by atoms with Gasteiger partial charge in [0.1, 0.15) is 0 Å². The summed E-state index contributed by atoms with van der Waals surface area (Å²) in [7, 11) is 3.06. The largest absolute Gasteiger partial charge is 0.343 e.